The number of alkyl halides is 3. The number of carboxylic acids is 1. The number of hydrogen-bond acceptors (Lipinski definition) is 7. The molecule has 0 spiro atoms. The molecule has 2 aromatic rings. The molecule has 1 fully saturated rings. The lowest BCUT2D eigenvalue weighted by atomic mass is 10.1. The van der Waals surface area contributed by atoms with Gasteiger partial charge in [0.05, 0.1) is 11.7 Å². The molecular weight excluding hydrogens is 527 g/mol. The lowest BCUT2D eigenvalue weighted by molar-refractivity contribution is -0.139. The lowest BCUT2D eigenvalue weighted by Crippen LogP contribution is -2.44. The maximum Gasteiger partial charge on any atom is 0.418 e. The average molecular weight is 564 g/mol. The minimum atomic E-state index is -4.79. The van der Waals surface area contributed by atoms with Gasteiger partial charge in [-0.25, -0.2) is 9.78 Å². The van der Waals surface area contributed by atoms with Crippen LogP contribution in [0.1, 0.15) is 65.8 Å². The molecule has 2 aromatic heterocycles. The Morgan fingerprint density at radius 2 is 2.05 bits per heavy atom. The van der Waals surface area contributed by atoms with Gasteiger partial charge in [0.25, 0.3) is 5.91 Å². The Labute approximate surface area is 231 Å². The number of carbonyl (C=O) groups is 2. The van der Waals surface area contributed by atoms with E-state index in [1.165, 1.54) is 5.56 Å². The summed E-state index contributed by atoms with van der Waals surface area (Å²) in [4.78, 5) is 34.9. The second-order valence-corrected chi connectivity index (χ2v) is 10.3. The van der Waals surface area contributed by atoms with E-state index in [0.717, 1.165) is 81.3 Å². The number of aliphatic carboxylic acids is 1. The van der Waals surface area contributed by atoms with Gasteiger partial charge in [-0.15, -0.1) is 0 Å². The maximum absolute atomic E-state index is 13.3. The van der Waals surface area contributed by atoms with E-state index in [2.05, 4.69) is 32.7 Å². The van der Waals surface area contributed by atoms with Crippen LogP contribution in [-0.4, -0.2) is 76.8 Å². The number of fused-ring (bicyclic) bond motifs is 1. The van der Waals surface area contributed by atoms with E-state index in [1.807, 2.05) is 0 Å². The van der Waals surface area contributed by atoms with Crippen LogP contribution in [0.2, 0.25) is 0 Å². The van der Waals surface area contributed by atoms with Crippen LogP contribution in [0.3, 0.4) is 0 Å². The van der Waals surface area contributed by atoms with Crippen molar-refractivity contribution in [2.75, 3.05) is 38.1 Å². The molecule has 2 aliphatic rings. The summed E-state index contributed by atoms with van der Waals surface area (Å²) in [5.41, 5.74) is 0.222. The van der Waals surface area contributed by atoms with Crippen LogP contribution in [0.25, 0.3) is 0 Å². The predicted octanol–water partition coefficient (Wildman–Crippen LogP) is 3.93. The monoisotopic (exact) mass is 563 g/mol. The Kier molecular flexibility index (Phi) is 10.3. The fraction of sp³-hybridized carbons (Fsp3) is 0.571. The SMILES string of the molecule is O=C(N[C@@H](CCN(CCCCc1ccc2c(n1)NCCC2)C[C@H]1CCCO1)C(=O)O)c1ncccc1C(F)(F)F. The van der Waals surface area contributed by atoms with Gasteiger partial charge in [-0.2, -0.15) is 13.2 Å². The van der Waals surface area contributed by atoms with Crippen LogP contribution < -0.4 is 10.6 Å². The molecule has 0 saturated carbocycles. The minimum absolute atomic E-state index is 0.0278. The van der Waals surface area contributed by atoms with Crippen LogP contribution in [0, 0.1) is 0 Å². The number of ether oxygens (including phenoxy) is 1. The highest BCUT2D eigenvalue weighted by molar-refractivity contribution is 5.96. The van der Waals surface area contributed by atoms with Gasteiger partial charge in [0, 0.05) is 38.1 Å². The van der Waals surface area contributed by atoms with E-state index in [1.54, 1.807) is 0 Å². The third kappa shape index (κ3) is 8.37. The van der Waals surface area contributed by atoms with Gasteiger partial charge in [-0.05, 0) is 81.7 Å². The van der Waals surface area contributed by atoms with Crippen molar-refractivity contribution in [3.8, 4) is 0 Å². The molecule has 40 heavy (non-hydrogen) atoms. The zero-order valence-electron chi connectivity index (χ0n) is 22.4. The van der Waals surface area contributed by atoms with Gasteiger partial charge in [0.15, 0.2) is 0 Å². The first-order valence-electron chi connectivity index (χ1n) is 13.8. The highest BCUT2D eigenvalue weighted by atomic mass is 19.4. The van der Waals surface area contributed by atoms with E-state index >= 15 is 0 Å². The maximum atomic E-state index is 13.3. The van der Waals surface area contributed by atoms with Crippen molar-refractivity contribution >= 4 is 17.7 Å². The first kappa shape index (κ1) is 29.7. The number of amides is 1. The molecule has 9 nitrogen and oxygen atoms in total. The molecule has 0 aliphatic carbocycles. The van der Waals surface area contributed by atoms with Crippen molar-refractivity contribution < 1.29 is 32.6 Å². The Bertz CT molecular complexity index is 1160. The number of pyridine rings is 2. The van der Waals surface area contributed by atoms with Gasteiger partial charge in [-0.3, -0.25) is 9.78 Å². The van der Waals surface area contributed by atoms with Gasteiger partial charge in [-0.1, -0.05) is 6.07 Å². The number of carboxylic acid groups (broad SMARTS) is 1. The number of rotatable bonds is 13. The van der Waals surface area contributed by atoms with Gasteiger partial charge in [0.1, 0.15) is 17.6 Å². The lowest BCUT2D eigenvalue weighted by Gasteiger charge is -2.27. The number of anilines is 1. The number of aryl methyl sites for hydroxylation is 2. The molecule has 4 rings (SSSR count). The van der Waals surface area contributed by atoms with Crippen LogP contribution >= 0.6 is 0 Å². The molecular formula is C28H36F3N5O4. The van der Waals surface area contributed by atoms with Gasteiger partial charge in [0.2, 0.25) is 0 Å². The smallest absolute Gasteiger partial charge is 0.418 e. The number of carbonyl (C=O) groups excluding carboxylic acids is 1. The van der Waals surface area contributed by atoms with Crippen molar-refractivity contribution in [3.63, 3.8) is 0 Å². The summed E-state index contributed by atoms with van der Waals surface area (Å²) in [6.07, 6.45) is 2.96. The summed E-state index contributed by atoms with van der Waals surface area (Å²) in [5.74, 6) is -1.52. The minimum Gasteiger partial charge on any atom is -0.480 e. The van der Waals surface area contributed by atoms with E-state index in [4.69, 9.17) is 9.72 Å². The Balaban J connectivity index is 1.32. The number of halogens is 3. The fourth-order valence-electron chi connectivity index (χ4n) is 5.13. The molecule has 218 valence electrons. The zero-order chi connectivity index (χ0) is 28.5. The number of aromatic nitrogens is 2. The van der Waals surface area contributed by atoms with Crippen molar-refractivity contribution in [2.24, 2.45) is 0 Å². The largest absolute Gasteiger partial charge is 0.480 e. The second-order valence-electron chi connectivity index (χ2n) is 10.3. The van der Waals surface area contributed by atoms with Crippen LogP contribution in [0.5, 0.6) is 0 Å². The zero-order valence-corrected chi connectivity index (χ0v) is 22.4. The Morgan fingerprint density at radius 1 is 1.20 bits per heavy atom. The molecule has 1 amide bonds. The number of nitrogens with zero attached hydrogens (tertiary/aromatic N) is 3. The molecule has 12 heteroatoms. The number of nitrogens with one attached hydrogen (secondary N) is 2. The molecule has 0 aromatic carbocycles. The number of hydrogen-bond donors (Lipinski definition) is 3. The third-order valence-corrected chi connectivity index (χ3v) is 7.26. The quantitative estimate of drug-likeness (QED) is 0.314. The van der Waals surface area contributed by atoms with Crippen molar-refractivity contribution in [2.45, 2.75) is 69.7 Å². The van der Waals surface area contributed by atoms with E-state index in [0.29, 0.717) is 26.2 Å². The highest BCUT2D eigenvalue weighted by Gasteiger charge is 2.36. The fourth-order valence-corrected chi connectivity index (χ4v) is 5.13. The summed E-state index contributed by atoms with van der Waals surface area (Å²) in [6.45, 7) is 3.29. The molecule has 0 unspecified atom stereocenters. The molecule has 1 saturated heterocycles. The summed E-state index contributed by atoms with van der Waals surface area (Å²) in [7, 11) is 0. The average Bonchev–Trinajstić information content (AvgIpc) is 3.45. The predicted molar refractivity (Wildman–Crippen MR) is 142 cm³/mol. The van der Waals surface area contributed by atoms with E-state index in [-0.39, 0.29) is 12.5 Å². The van der Waals surface area contributed by atoms with E-state index in [9.17, 15) is 27.9 Å². The number of unbranched alkanes of at least 4 members (excludes halogenated alkanes) is 1. The van der Waals surface area contributed by atoms with Gasteiger partial charge >= 0.3 is 12.1 Å². The normalized spacial score (nSPS) is 17.8. The van der Waals surface area contributed by atoms with Gasteiger partial charge < -0.3 is 25.4 Å². The van der Waals surface area contributed by atoms with Crippen LogP contribution in [0.4, 0.5) is 19.0 Å². The van der Waals surface area contributed by atoms with Crippen molar-refractivity contribution in [1.82, 2.24) is 20.2 Å². The first-order valence-corrected chi connectivity index (χ1v) is 13.8. The summed E-state index contributed by atoms with van der Waals surface area (Å²) < 4.78 is 45.7. The standard InChI is InChI=1S/C28H36F3N5O4/c29-28(30,31)22-9-4-13-32-24(22)26(37)35-23(27(38)39)12-16-36(18-21-8-5-17-40-21)15-2-1-7-20-11-10-19-6-3-14-33-25(19)34-20/h4,9-11,13,21,23H,1-3,5-8,12,14-18H2,(H,33,34)(H,35,37)(H,38,39)/t21-,23+/m1/s1. The third-order valence-electron chi connectivity index (χ3n) is 7.26. The molecule has 2 aliphatic heterocycles. The van der Waals surface area contributed by atoms with Crippen LogP contribution in [-0.2, 0) is 28.5 Å². The van der Waals surface area contributed by atoms with E-state index < -0.39 is 35.4 Å². The Morgan fingerprint density at radius 3 is 2.80 bits per heavy atom. The summed E-state index contributed by atoms with van der Waals surface area (Å²) in [5, 5.41) is 15.3. The second kappa shape index (κ2) is 13.9. The summed E-state index contributed by atoms with van der Waals surface area (Å²) in [6, 6.07) is 4.67. The topological polar surface area (TPSA) is 117 Å². The highest BCUT2D eigenvalue weighted by Crippen LogP contribution is 2.31. The first-order chi connectivity index (χ1) is 19.2. The molecule has 2 atom stereocenters. The molecule has 3 N–H and O–H groups in total. The molecule has 4 heterocycles. The van der Waals surface area contributed by atoms with Crippen molar-refractivity contribution in [1.29, 1.82) is 0 Å². The summed E-state index contributed by atoms with van der Waals surface area (Å²) >= 11 is 0. The molecule has 0 bridgehead atoms. The molecule has 0 radical (unpaired) electrons. The van der Waals surface area contributed by atoms with Crippen LogP contribution in [0.15, 0.2) is 30.5 Å². The Hall–Kier alpha value is -3.25. The van der Waals surface area contributed by atoms with Crippen molar-refractivity contribution in [3.05, 3.63) is 53.0 Å².